The number of nitrogens with one attached hydrogen (secondary N) is 1. The number of carbonyl (C=O) groups is 1. The van der Waals surface area contributed by atoms with Crippen LogP contribution in [0, 0.1) is 11.8 Å². The number of amides is 1. The molecule has 1 amide bonds. The monoisotopic (exact) mass is 304 g/mol. The third-order valence-electron chi connectivity index (χ3n) is 4.55. The van der Waals surface area contributed by atoms with Gasteiger partial charge in [0.25, 0.3) is 0 Å². The Morgan fingerprint density at radius 1 is 1.41 bits per heavy atom. The van der Waals surface area contributed by atoms with Crippen molar-refractivity contribution in [2.45, 2.75) is 52.6 Å². The van der Waals surface area contributed by atoms with Crippen LogP contribution in [0.25, 0.3) is 0 Å². The van der Waals surface area contributed by atoms with Crippen LogP contribution in [-0.2, 0) is 4.79 Å². The Bertz CT molecular complexity index is 528. The molecule has 1 aromatic rings. The molecule has 0 radical (unpaired) electrons. The number of ether oxygens (including phenoxy) is 1. The Labute approximate surface area is 133 Å². The smallest absolute Gasteiger partial charge is 0.223 e. The van der Waals surface area contributed by atoms with Gasteiger partial charge in [-0.2, -0.15) is 0 Å². The lowest BCUT2D eigenvalue weighted by molar-refractivity contribution is -0.125. The molecular weight excluding hydrogens is 276 g/mol. The highest BCUT2D eigenvalue weighted by Crippen LogP contribution is 2.35. The Balaban J connectivity index is 2.24. The number of rotatable bonds is 5. The quantitative estimate of drug-likeness (QED) is 0.877. The van der Waals surface area contributed by atoms with E-state index in [1.54, 1.807) is 0 Å². The first kappa shape index (κ1) is 16.8. The summed E-state index contributed by atoms with van der Waals surface area (Å²) >= 11 is 0. The zero-order valence-corrected chi connectivity index (χ0v) is 14.1. The van der Waals surface area contributed by atoms with E-state index in [2.05, 4.69) is 25.2 Å². The molecule has 3 atom stereocenters. The minimum atomic E-state index is -0.00172. The molecule has 0 saturated heterocycles. The van der Waals surface area contributed by atoms with Gasteiger partial charge in [0.05, 0.1) is 12.6 Å². The molecule has 0 fully saturated rings. The third kappa shape index (κ3) is 3.61. The molecule has 1 heterocycles. The SMILES string of the molecule is CCC(C)C(=O)NC1CCOc2ccc(C(N)C(C)C)cc21. The van der Waals surface area contributed by atoms with Crippen molar-refractivity contribution in [3.8, 4) is 5.75 Å². The highest BCUT2D eigenvalue weighted by Gasteiger charge is 2.25. The molecule has 1 aromatic carbocycles. The predicted molar refractivity (Wildman–Crippen MR) is 88.7 cm³/mol. The van der Waals surface area contributed by atoms with Crippen LogP contribution in [0.2, 0.25) is 0 Å². The normalized spacial score (nSPS) is 20.0. The first-order chi connectivity index (χ1) is 10.4. The molecule has 3 N–H and O–H groups in total. The predicted octanol–water partition coefficient (Wildman–Crippen LogP) is 3.33. The van der Waals surface area contributed by atoms with E-state index < -0.39 is 0 Å². The summed E-state index contributed by atoms with van der Waals surface area (Å²) in [6, 6.07) is 6.13. The molecule has 3 unspecified atom stereocenters. The molecular formula is C18H28N2O2. The number of hydrogen-bond donors (Lipinski definition) is 2. The maximum atomic E-state index is 12.2. The van der Waals surface area contributed by atoms with Crippen molar-refractivity contribution >= 4 is 5.91 Å². The molecule has 2 rings (SSSR count). The number of fused-ring (bicyclic) bond motifs is 1. The lowest BCUT2D eigenvalue weighted by Crippen LogP contribution is -2.35. The summed E-state index contributed by atoms with van der Waals surface area (Å²) in [5, 5.41) is 3.16. The lowest BCUT2D eigenvalue weighted by Gasteiger charge is -2.29. The van der Waals surface area contributed by atoms with Crippen molar-refractivity contribution in [1.29, 1.82) is 0 Å². The average Bonchev–Trinajstić information content (AvgIpc) is 2.53. The van der Waals surface area contributed by atoms with Gasteiger partial charge in [0.15, 0.2) is 0 Å². The summed E-state index contributed by atoms with van der Waals surface area (Å²) in [5.41, 5.74) is 8.41. The lowest BCUT2D eigenvalue weighted by atomic mass is 9.91. The minimum Gasteiger partial charge on any atom is -0.493 e. The molecule has 4 nitrogen and oxygen atoms in total. The number of benzene rings is 1. The van der Waals surface area contributed by atoms with Crippen molar-refractivity contribution in [2.24, 2.45) is 17.6 Å². The van der Waals surface area contributed by atoms with Gasteiger partial charge in [-0.1, -0.05) is 33.8 Å². The summed E-state index contributed by atoms with van der Waals surface area (Å²) in [5.74, 6) is 1.38. The minimum absolute atomic E-state index is 0.00172. The molecule has 22 heavy (non-hydrogen) atoms. The molecule has 4 heteroatoms. The first-order valence-electron chi connectivity index (χ1n) is 8.26. The Morgan fingerprint density at radius 2 is 2.14 bits per heavy atom. The van der Waals surface area contributed by atoms with Crippen LogP contribution in [0.5, 0.6) is 5.75 Å². The zero-order chi connectivity index (χ0) is 16.3. The van der Waals surface area contributed by atoms with Gasteiger partial charge in [-0.3, -0.25) is 4.79 Å². The second-order valence-electron chi connectivity index (χ2n) is 6.57. The molecule has 1 aliphatic heterocycles. The molecule has 1 aliphatic rings. The van der Waals surface area contributed by atoms with E-state index in [0.717, 1.165) is 29.7 Å². The van der Waals surface area contributed by atoms with Gasteiger partial charge in [-0.15, -0.1) is 0 Å². The van der Waals surface area contributed by atoms with E-state index in [9.17, 15) is 4.79 Å². The summed E-state index contributed by atoms with van der Waals surface area (Å²) in [6.07, 6.45) is 1.65. The molecule has 122 valence electrons. The highest BCUT2D eigenvalue weighted by molar-refractivity contribution is 5.78. The van der Waals surface area contributed by atoms with Crippen LogP contribution in [0.15, 0.2) is 18.2 Å². The first-order valence-corrected chi connectivity index (χ1v) is 8.26. The van der Waals surface area contributed by atoms with Gasteiger partial charge in [0.1, 0.15) is 5.75 Å². The fourth-order valence-electron chi connectivity index (χ4n) is 2.65. The Morgan fingerprint density at radius 3 is 2.77 bits per heavy atom. The van der Waals surface area contributed by atoms with Gasteiger partial charge < -0.3 is 15.8 Å². The van der Waals surface area contributed by atoms with Crippen molar-refractivity contribution in [2.75, 3.05) is 6.61 Å². The van der Waals surface area contributed by atoms with Crippen molar-refractivity contribution in [3.05, 3.63) is 29.3 Å². The van der Waals surface area contributed by atoms with Gasteiger partial charge in [-0.05, 0) is 30.0 Å². The van der Waals surface area contributed by atoms with Crippen LogP contribution >= 0.6 is 0 Å². The van der Waals surface area contributed by atoms with Crippen molar-refractivity contribution in [1.82, 2.24) is 5.32 Å². The topological polar surface area (TPSA) is 64.3 Å². The number of carbonyl (C=O) groups excluding carboxylic acids is 1. The second-order valence-corrected chi connectivity index (χ2v) is 6.57. The van der Waals surface area contributed by atoms with E-state index in [1.807, 2.05) is 26.0 Å². The van der Waals surface area contributed by atoms with Gasteiger partial charge in [0, 0.05) is 23.9 Å². The fourth-order valence-corrected chi connectivity index (χ4v) is 2.65. The zero-order valence-electron chi connectivity index (χ0n) is 14.1. The van der Waals surface area contributed by atoms with Crippen LogP contribution in [0.1, 0.15) is 63.7 Å². The van der Waals surface area contributed by atoms with Crippen LogP contribution in [-0.4, -0.2) is 12.5 Å². The molecule has 0 bridgehead atoms. The molecule has 0 saturated carbocycles. The fraction of sp³-hybridized carbons (Fsp3) is 0.611. The van der Waals surface area contributed by atoms with E-state index in [-0.39, 0.29) is 23.9 Å². The number of hydrogen-bond acceptors (Lipinski definition) is 3. The molecule has 0 aliphatic carbocycles. The van der Waals surface area contributed by atoms with Crippen LogP contribution in [0.3, 0.4) is 0 Å². The van der Waals surface area contributed by atoms with Gasteiger partial charge in [0.2, 0.25) is 5.91 Å². The molecule has 0 spiro atoms. The van der Waals surface area contributed by atoms with Crippen LogP contribution in [0.4, 0.5) is 0 Å². The summed E-state index contributed by atoms with van der Waals surface area (Å²) in [7, 11) is 0. The summed E-state index contributed by atoms with van der Waals surface area (Å²) < 4.78 is 5.73. The van der Waals surface area contributed by atoms with Crippen LogP contribution < -0.4 is 15.8 Å². The molecule has 0 aromatic heterocycles. The van der Waals surface area contributed by atoms with E-state index in [1.165, 1.54) is 0 Å². The van der Waals surface area contributed by atoms with E-state index in [0.29, 0.717) is 12.5 Å². The average molecular weight is 304 g/mol. The van der Waals surface area contributed by atoms with Gasteiger partial charge >= 0.3 is 0 Å². The highest BCUT2D eigenvalue weighted by atomic mass is 16.5. The van der Waals surface area contributed by atoms with Gasteiger partial charge in [-0.25, -0.2) is 0 Å². The second kappa shape index (κ2) is 7.14. The maximum Gasteiger partial charge on any atom is 0.223 e. The largest absolute Gasteiger partial charge is 0.493 e. The summed E-state index contributed by atoms with van der Waals surface area (Å²) in [4.78, 5) is 12.2. The Hall–Kier alpha value is -1.55. The van der Waals surface area contributed by atoms with Crippen molar-refractivity contribution in [3.63, 3.8) is 0 Å². The summed E-state index contributed by atoms with van der Waals surface area (Å²) in [6.45, 7) is 8.85. The van der Waals surface area contributed by atoms with Crippen molar-refractivity contribution < 1.29 is 9.53 Å². The maximum absolute atomic E-state index is 12.2. The van der Waals surface area contributed by atoms with E-state index >= 15 is 0 Å². The Kier molecular flexibility index (Phi) is 5.46. The van der Waals surface area contributed by atoms with E-state index in [4.69, 9.17) is 10.5 Å². The number of nitrogens with two attached hydrogens (primary N) is 1. The standard InChI is InChI=1S/C18H28N2O2/c1-5-12(4)18(21)20-15-8-9-22-16-7-6-13(10-14(15)16)17(19)11(2)3/h6-7,10-12,15,17H,5,8-9,19H2,1-4H3,(H,20,21). The third-order valence-corrected chi connectivity index (χ3v) is 4.55.